The quantitative estimate of drug-likeness (QED) is 0.870. The zero-order chi connectivity index (χ0) is 15.3. The second-order valence-corrected chi connectivity index (χ2v) is 6.80. The predicted molar refractivity (Wildman–Crippen MR) is 88.5 cm³/mol. The van der Waals surface area contributed by atoms with Crippen LogP contribution >= 0.6 is 0 Å². The first-order chi connectivity index (χ1) is 10.00. The predicted octanol–water partition coefficient (Wildman–Crippen LogP) is 3.23. The average molecular weight is 290 g/mol. The van der Waals surface area contributed by atoms with Gasteiger partial charge in [0, 0.05) is 25.7 Å². The van der Waals surface area contributed by atoms with E-state index in [2.05, 4.69) is 68.2 Å². The van der Waals surface area contributed by atoms with Crippen molar-refractivity contribution in [3.05, 3.63) is 35.9 Å². The van der Waals surface area contributed by atoms with E-state index in [1.165, 1.54) is 5.56 Å². The Morgan fingerprint density at radius 2 is 2.05 bits per heavy atom. The van der Waals surface area contributed by atoms with E-state index in [-0.39, 0.29) is 5.60 Å². The van der Waals surface area contributed by atoms with Crippen molar-refractivity contribution >= 4 is 0 Å². The Balaban J connectivity index is 2.04. The van der Waals surface area contributed by atoms with Gasteiger partial charge < -0.3 is 10.1 Å². The Morgan fingerprint density at radius 3 is 2.67 bits per heavy atom. The fourth-order valence-corrected chi connectivity index (χ4v) is 3.27. The molecule has 1 aliphatic rings. The molecular formula is C18H30N2O. The minimum absolute atomic E-state index is 0.0519. The van der Waals surface area contributed by atoms with Crippen molar-refractivity contribution in [1.82, 2.24) is 10.2 Å². The summed E-state index contributed by atoms with van der Waals surface area (Å²) in [5, 5.41) is 3.69. The van der Waals surface area contributed by atoms with Crippen molar-refractivity contribution in [3.63, 3.8) is 0 Å². The molecule has 118 valence electrons. The van der Waals surface area contributed by atoms with Crippen molar-refractivity contribution in [2.75, 3.05) is 26.2 Å². The van der Waals surface area contributed by atoms with E-state index in [4.69, 9.17) is 4.74 Å². The second kappa shape index (κ2) is 7.39. The normalized spacial score (nSPS) is 23.9. The van der Waals surface area contributed by atoms with Crippen LogP contribution in [0.5, 0.6) is 0 Å². The van der Waals surface area contributed by atoms with Gasteiger partial charge in [0.2, 0.25) is 0 Å². The van der Waals surface area contributed by atoms with Gasteiger partial charge >= 0.3 is 0 Å². The molecule has 21 heavy (non-hydrogen) atoms. The fraction of sp³-hybridized carbons (Fsp3) is 0.667. The van der Waals surface area contributed by atoms with Gasteiger partial charge in [-0.05, 0) is 39.3 Å². The first kappa shape index (κ1) is 16.5. The Bertz CT molecular complexity index is 418. The average Bonchev–Trinajstić information content (AvgIpc) is 2.42. The number of rotatable bonds is 6. The van der Waals surface area contributed by atoms with Crippen LogP contribution in [0, 0.1) is 0 Å². The molecule has 1 aromatic rings. The summed E-state index contributed by atoms with van der Waals surface area (Å²) in [6.07, 6.45) is 1.46. The Kier molecular flexibility index (Phi) is 5.80. The standard InChI is InChI=1S/C18H30N2O/c1-5-11-19-17(16-9-7-6-8-10-16)13-20-12-15(2)21-18(3,4)14-20/h6-10,15,17,19H,5,11-14H2,1-4H3. The summed E-state index contributed by atoms with van der Waals surface area (Å²) in [4.78, 5) is 2.54. The van der Waals surface area contributed by atoms with Crippen LogP contribution in [0.15, 0.2) is 30.3 Å². The molecule has 2 unspecified atom stereocenters. The summed E-state index contributed by atoms with van der Waals surface area (Å²) in [5.74, 6) is 0. The molecule has 3 heteroatoms. The van der Waals surface area contributed by atoms with E-state index in [0.29, 0.717) is 12.1 Å². The maximum atomic E-state index is 6.01. The highest BCUT2D eigenvalue weighted by molar-refractivity contribution is 5.19. The Morgan fingerprint density at radius 1 is 1.33 bits per heavy atom. The van der Waals surface area contributed by atoms with Crippen LogP contribution in [0.3, 0.4) is 0 Å². The molecule has 2 rings (SSSR count). The van der Waals surface area contributed by atoms with Gasteiger partial charge in [-0.15, -0.1) is 0 Å². The van der Waals surface area contributed by atoms with Crippen molar-refractivity contribution in [2.24, 2.45) is 0 Å². The van der Waals surface area contributed by atoms with Gasteiger partial charge in [-0.2, -0.15) is 0 Å². The summed E-state index contributed by atoms with van der Waals surface area (Å²) in [6, 6.07) is 11.2. The second-order valence-electron chi connectivity index (χ2n) is 6.80. The monoisotopic (exact) mass is 290 g/mol. The molecule has 0 aliphatic carbocycles. The molecular weight excluding hydrogens is 260 g/mol. The third-order valence-electron chi connectivity index (χ3n) is 3.92. The summed E-state index contributed by atoms with van der Waals surface area (Å²) in [6.45, 7) is 12.9. The Hall–Kier alpha value is -0.900. The van der Waals surface area contributed by atoms with Gasteiger partial charge in [0.15, 0.2) is 0 Å². The maximum absolute atomic E-state index is 6.01. The summed E-state index contributed by atoms with van der Waals surface area (Å²) in [5.41, 5.74) is 1.33. The Labute approximate surface area is 129 Å². The molecule has 1 fully saturated rings. The van der Waals surface area contributed by atoms with Crippen LogP contribution in [-0.2, 0) is 4.74 Å². The number of hydrogen-bond donors (Lipinski definition) is 1. The summed E-state index contributed by atoms with van der Waals surface area (Å²) >= 11 is 0. The van der Waals surface area contributed by atoms with E-state index in [9.17, 15) is 0 Å². The van der Waals surface area contributed by atoms with Gasteiger partial charge in [-0.1, -0.05) is 37.3 Å². The highest BCUT2D eigenvalue weighted by Crippen LogP contribution is 2.23. The molecule has 2 atom stereocenters. The van der Waals surface area contributed by atoms with Crippen LogP contribution in [0.4, 0.5) is 0 Å². The van der Waals surface area contributed by atoms with E-state index in [1.807, 2.05) is 0 Å². The van der Waals surface area contributed by atoms with Gasteiger partial charge in [0.05, 0.1) is 11.7 Å². The zero-order valence-corrected chi connectivity index (χ0v) is 13.9. The lowest BCUT2D eigenvalue weighted by Crippen LogP contribution is -2.53. The van der Waals surface area contributed by atoms with Crippen LogP contribution < -0.4 is 5.32 Å². The number of nitrogens with zero attached hydrogens (tertiary/aromatic N) is 1. The molecule has 0 saturated carbocycles. The van der Waals surface area contributed by atoms with Crippen molar-refractivity contribution in [1.29, 1.82) is 0 Å². The van der Waals surface area contributed by atoms with Crippen LogP contribution in [0.25, 0.3) is 0 Å². The van der Waals surface area contributed by atoms with Gasteiger partial charge in [-0.25, -0.2) is 0 Å². The topological polar surface area (TPSA) is 24.5 Å². The molecule has 0 aromatic heterocycles. The molecule has 0 bridgehead atoms. The van der Waals surface area contributed by atoms with Crippen LogP contribution in [-0.4, -0.2) is 42.8 Å². The van der Waals surface area contributed by atoms with Crippen molar-refractivity contribution < 1.29 is 4.74 Å². The zero-order valence-electron chi connectivity index (χ0n) is 13.9. The highest BCUT2D eigenvalue weighted by atomic mass is 16.5. The molecule has 0 amide bonds. The molecule has 1 aliphatic heterocycles. The highest BCUT2D eigenvalue weighted by Gasteiger charge is 2.32. The van der Waals surface area contributed by atoms with E-state index in [0.717, 1.165) is 32.6 Å². The number of nitrogens with one attached hydrogen (secondary N) is 1. The third-order valence-corrected chi connectivity index (χ3v) is 3.92. The lowest BCUT2D eigenvalue weighted by molar-refractivity contribution is -0.130. The molecule has 3 nitrogen and oxygen atoms in total. The van der Waals surface area contributed by atoms with Gasteiger partial charge in [0.25, 0.3) is 0 Å². The van der Waals surface area contributed by atoms with E-state index >= 15 is 0 Å². The number of benzene rings is 1. The lowest BCUT2D eigenvalue weighted by atomic mass is 10.0. The summed E-state index contributed by atoms with van der Waals surface area (Å²) in [7, 11) is 0. The van der Waals surface area contributed by atoms with Crippen molar-refractivity contribution in [3.8, 4) is 0 Å². The van der Waals surface area contributed by atoms with Crippen molar-refractivity contribution in [2.45, 2.75) is 51.9 Å². The number of morpholine rings is 1. The first-order valence-corrected chi connectivity index (χ1v) is 8.18. The van der Waals surface area contributed by atoms with E-state index < -0.39 is 0 Å². The smallest absolute Gasteiger partial charge is 0.0757 e. The largest absolute Gasteiger partial charge is 0.370 e. The van der Waals surface area contributed by atoms with E-state index in [1.54, 1.807) is 0 Å². The molecule has 0 spiro atoms. The molecule has 1 saturated heterocycles. The summed E-state index contributed by atoms with van der Waals surface area (Å²) < 4.78 is 6.01. The molecule has 0 radical (unpaired) electrons. The number of ether oxygens (including phenoxy) is 1. The number of hydrogen-bond acceptors (Lipinski definition) is 3. The minimum Gasteiger partial charge on any atom is -0.370 e. The lowest BCUT2D eigenvalue weighted by Gasteiger charge is -2.43. The molecule has 1 N–H and O–H groups in total. The minimum atomic E-state index is -0.0519. The van der Waals surface area contributed by atoms with Crippen LogP contribution in [0.2, 0.25) is 0 Å². The fourth-order valence-electron chi connectivity index (χ4n) is 3.27. The molecule has 1 aromatic carbocycles. The maximum Gasteiger partial charge on any atom is 0.0757 e. The third kappa shape index (κ3) is 5.10. The van der Waals surface area contributed by atoms with Gasteiger partial charge in [0.1, 0.15) is 0 Å². The molecule has 1 heterocycles. The van der Waals surface area contributed by atoms with Crippen LogP contribution in [0.1, 0.15) is 45.7 Å². The van der Waals surface area contributed by atoms with Gasteiger partial charge in [-0.3, -0.25) is 4.90 Å². The first-order valence-electron chi connectivity index (χ1n) is 8.18. The SMILES string of the molecule is CCCNC(CN1CC(C)OC(C)(C)C1)c1ccccc1.